The molecule has 0 aliphatic carbocycles. The second kappa shape index (κ2) is 9.08. The van der Waals surface area contributed by atoms with E-state index < -0.39 is 29.9 Å². The lowest BCUT2D eigenvalue weighted by Gasteiger charge is -2.27. The van der Waals surface area contributed by atoms with E-state index in [0.29, 0.717) is 16.8 Å². The number of amides is 4. The largest absolute Gasteiger partial charge is 0.325 e. The van der Waals surface area contributed by atoms with Crippen molar-refractivity contribution in [2.75, 3.05) is 11.9 Å². The van der Waals surface area contributed by atoms with Gasteiger partial charge in [0.05, 0.1) is 0 Å². The fourth-order valence-electron chi connectivity index (χ4n) is 3.94. The van der Waals surface area contributed by atoms with Crippen LogP contribution in [0, 0.1) is 0 Å². The van der Waals surface area contributed by atoms with Crippen LogP contribution in [0.2, 0.25) is 0 Å². The standard InChI is InChI=1S/C26H23N3O4/c1-18(30)20-12-14-22(15-13-20)27-23(31)17-29-24(32)26(28-25(29)33,21-10-6-3-7-11-21)16-19-8-4-2-5-9-19/h2-15H,16-17H2,1H3,(H,27,31)(H,28,33). The van der Waals surface area contributed by atoms with Crippen LogP contribution >= 0.6 is 0 Å². The first-order chi connectivity index (χ1) is 15.9. The highest BCUT2D eigenvalue weighted by Crippen LogP contribution is 2.33. The van der Waals surface area contributed by atoms with Gasteiger partial charge in [-0.25, -0.2) is 4.79 Å². The van der Waals surface area contributed by atoms with Crippen LogP contribution in [0.15, 0.2) is 84.9 Å². The minimum absolute atomic E-state index is 0.0807. The average Bonchev–Trinajstić information content (AvgIpc) is 3.05. The molecule has 0 radical (unpaired) electrons. The minimum Gasteiger partial charge on any atom is -0.325 e. The molecule has 1 fully saturated rings. The molecule has 3 aromatic carbocycles. The first kappa shape index (κ1) is 22.0. The zero-order chi connectivity index (χ0) is 23.4. The van der Waals surface area contributed by atoms with Crippen molar-refractivity contribution < 1.29 is 19.2 Å². The normalized spacial score (nSPS) is 17.5. The van der Waals surface area contributed by atoms with Gasteiger partial charge in [0, 0.05) is 17.7 Å². The Labute approximate surface area is 191 Å². The molecule has 4 amide bonds. The smallest absolute Gasteiger partial charge is 0.325 e. The van der Waals surface area contributed by atoms with Crippen LogP contribution in [0.3, 0.4) is 0 Å². The summed E-state index contributed by atoms with van der Waals surface area (Å²) in [4.78, 5) is 51.4. The molecule has 4 rings (SSSR count). The number of hydrogen-bond acceptors (Lipinski definition) is 4. The summed E-state index contributed by atoms with van der Waals surface area (Å²) in [5, 5.41) is 5.51. The first-order valence-electron chi connectivity index (χ1n) is 10.5. The van der Waals surface area contributed by atoms with E-state index in [9.17, 15) is 19.2 Å². The third kappa shape index (κ3) is 4.52. The predicted molar refractivity (Wildman–Crippen MR) is 124 cm³/mol. The lowest BCUT2D eigenvalue weighted by molar-refractivity contribution is -0.134. The monoisotopic (exact) mass is 441 g/mol. The zero-order valence-electron chi connectivity index (χ0n) is 18.1. The number of nitrogens with one attached hydrogen (secondary N) is 2. The Balaban J connectivity index is 1.56. The molecule has 7 heteroatoms. The van der Waals surface area contributed by atoms with Gasteiger partial charge in [-0.3, -0.25) is 19.3 Å². The second-order valence-electron chi connectivity index (χ2n) is 7.94. The maximum absolute atomic E-state index is 13.6. The van der Waals surface area contributed by atoms with Gasteiger partial charge in [0.1, 0.15) is 6.54 Å². The van der Waals surface area contributed by atoms with Gasteiger partial charge in [-0.2, -0.15) is 0 Å². The van der Waals surface area contributed by atoms with E-state index in [2.05, 4.69) is 10.6 Å². The Morgan fingerprint density at radius 2 is 1.48 bits per heavy atom. The zero-order valence-corrected chi connectivity index (χ0v) is 18.1. The van der Waals surface area contributed by atoms with Gasteiger partial charge in [0.2, 0.25) is 5.91 Å². The SMILES string of the molecule is CC(=O)c1ccc(NC(=O)CN2C(=O)NC(Cc3ccccc3)(c3ccccc3)C2=O)cc1. The molecule has 166 valence electrons. The van der Waals surface area contributed by atoms with E-state index in [4.69, 9.17) is 0 Å². The Bertz CT molecular complexity index is 1190. The number of carbonyl (C=O) groups is 4. The Morgan fingerprint density at radius 1 is 0.879 bits per heavy atom. The number of carbonyl (C=O) groups excluding carboxylic acids is 4. The van der Waals surface area contributed by atoms with Crippen LogP contribution < -0.4 is 10.6 Å². The summed E-state index contributed by atoms with van der Waals surface area (Å²) in [6, 6.07) is 24.2. The van der Waals surface area contributed by atoms with Gasteiger partial charge in [0.25, 0.3) is 5.91 Å². The number of ketones is 1. The summed E-state index contributed by atoms with van der Waals surface area (Å²) >= 11 is 0. The van der Waals surface area contributed by atoms with Gasteiger partial charge < -0.3 is 10.6 Å². The number of urea groups is 1. The second-order valence-corrected chi connectivity index (χ2v) is 7.94. The highest BCUT2D eigenvalue weighted by molar-refractivity contribution is 6.10. The van der Waals surface area contributed by atoms with Crippen molar-refractivity contribution in [3.05, 3.63) is 102 Å². The van der Waals surface area contributed by atoms with Gasteiger partial charge in [-0.05, 0) is 42.3 Å². The van der Waals surface area contributed by atoms with Crippen LogP contribution in [0.1, 0.15) is 28.4 Å². The molecule has 0 bridgehead atoms. The molecule has 1 saturated heterocycles. The van der Waals surface area contributed by atoms with E-state index in [1.807, 2.05) is 48.5 Å². The van der Waals surface area contributed by atoms with Crippen molar-refractivity contribution >= 4 is 29.3 Å². The molecule has 1 unspecified atom stereocenters. The summed E-state index contributed by atoms with van der Waals surface area (Å²) in [7, 11) is 0. The molecule has 1 aliphatic rings. The fourth-order valence-corrected chi connectivity index (χ4v) is 3.94. The van der Waals surface area contributed by atoms with Crippen molar-refractivity contribution in [1.29, 1.82) is 0 Å². The topological polar surface area (TPSA) is 95.6 Å². The van der Waals surface area contributed by atoms with Gasteiger partial charge in [-0.15, -0.1) is 0 Å². The number of Topliss-reactive ketones (excluding diaryl/α,β-unsaturated/α-hetero) is 1. The van der Waals surface area contributed by atoms with Crippen molar-refractivity contribution in [2.45, 2.75) is 18.9 Å². The number of nitrogens with zero attached hydrogens (tertiary/aromatic N) is 1. The van der Waals surface area contributed by atoms with Crippen LogP contribution in [-0.4, -0.2) is 35.1 Å². The van der Waals surface area contributed by atoms with Crippen LogP contribution in [-0.2, 0) is 21.5 Å². The molecule has 0 aromatic heterocycles. The lowest BCUT2D eigenvalue weighted by Crippen LogP contribution is -2.46. The van der Waals surface area contributed by atoms with Crippen molar-refractivity contribution in [1.82, 2.24) is 10.2 Å². The molecule has 1 heterocycles. The van der Waals surface area contributed by atoms with E-state index in [1.165, 1.54) is 6.92 Å². The summed E-state index contributed by atoms with van der Waals surface area (Å²) < 4.78 is 0. The highest BCUT2D eigenvalue weighted by atomic mass is 16.2. The van der Waals surface area contributed by atoms with Crippen LogP contribution in [0.25, 0.3) is 0 Å². The molecule has 1 atom stereocenters. The van der Waals surface area contributed by atoms with E-state index in [1.54, 1.807) is 36.4 Å². The van der Waals surface area contributed by atoms with Gasteiger partial charge in [-0.1, -0.05) is 60.7 Å². The van der Waals surface area contributed by atoms with E-state index in [-0.39, 0.29) is 12.2 Å². The van der Waals surface area contributed by atoms with Crippen molar-refractivity contribution in [2.24, 2.45) is 0 Å². The Hall–Kier alpha value is -4.26. The van der Waals surface area contributed by atoms with Crippen LogP contribution in [0.4, 0.5) is 10.5 Å². The molecule has 2 N–H and O–H groups in total. The number of benzene rings is 3. The molecule has 3 aromatic rings. The lowest BCUT2D eigenvalue weighted by atomic mass is 9.83. The summed E-state index contributed by atoms with van der Waals surface area (Å²) in [5.41, 5.74) is 1.22. The first-order valence-corrected chi connectivity index (χ1v) is 10.5. The third-order valence-corrected chi connectivity index (χ3v) is 5.63. The maximum Gasteiger partial charge on any atom is 0.325 e. The molecule has 33 heavy (non-hydrogen) atoms. The molecular formula is C26H23N3O4. The molecule has 7 nitrogen and oxygen atoms in total. The highest BCUT2D eigenvalue weighted by Gasteiger charge is 2.52. The fraction of sp³-hybridized carbons (Fsp3) is 0.154. The Morgan fingerprint density at radius 3 is 2.09 bits per heavy atom. The summed E-state index contributed by atoms with van der Waals surface area (Å²) in [6.07, 6.45) is 0.257. The van der Waals surface area contributed by atoms with Gasteiger partial charge >= 0.3 is 6.03 Å². The van der Waals surface area contributed by atoms with Crippen molar-refractivity contribution in [3.63, 3.8) is 0 Å². The molecular weight excluding hydrogens is 418 g/mol. The number of rotatable bonds is 7. The molecule has 0 spiro atoms. The van der Waals surface area contributed by atoms with E-state index >= 15 is 0 Å². The summed E-state index contributed by atoms with van der Waals surface area (Å²) in [6.45, 7) is 1.03. The minimum atomic E-state index is -1.30. The predicted octanol–water partition coefficient (Wildman–Crippen LogP) is 3.52. The average molecular weight is 441 g/mol. The third-order valence-electron chi connectivity index (χ3n) is 5.63. The van der Waals surface area contributed by atoms with E-state index in [0.717, 1.165) is 10.5 Å². The van der Waals surface area contributed by atoms with Crippen LogP contribution in [0.5, 0.6) is 0 Å². The van der Waals surface area contributed by atoms with Gasteiger partial charge in [0.15, 0.2) is 11.3 Å². The number of anilines is 1. The quantitative estimate of drug-likeness (QED) is 0.433. The molecule has 0 saturated carbocycles. The number of imide groups is 1. The maximum atomic E-state index is 13.6. The summed E-state index contributed by atoms with van der Waals surface area (Å²) in [5.74, 6) is -1.08. The number of hydrogen-bond donors (Lipinski definition) is 2. The Kier molecular flexibility index (Phi) is 6.04. The molecule has 1 aliphatic heterocycles. The van der Waals surface area contributed by atoms with Crippen molar-refractivity contribution in [3.8, 4) is 0 Å².